The van der Waals surface area contributed by atoms with Gasteiger partial charge in [-0.1, -0.05) is 31.2 Å². The fourth-order valence-electron chi connectivity index (χ4n) is 7.21. The summed E-state index contributed by atoms with van der Waals surface area (Å²) in [7, 11) is 0. The molecule has 4 aliphatic heterocycles. The van der Waals surface area contributed by atoms with E-state index in [0.717, 1.165) is 43.7 Å². The Morgan fingerprint density at radius 3 is 2.41 bits per heavy atom. The summed E-state index contributed by atoms with van der Waals surface area (Å²) in [4.78, 5) is 48.4. The summed E-state index contributed by atoms with van der Waals surface area (Å²) in [5.41, 5.74) is 1.85. The molecule has 4 heterocycles. The van der Waals surface area contributed by atoms with E-state index in [4.69, 9.17) is 4.74 Å². The van der Waals surface area contributed by atoms with Crippen LogP contribution in [0.4, 0.5) is 11.4 Å². The zero-order valence-electron chi connectivity index (χ0n) is 24.6. The number of allylic oxidation sites excluding steroid dienone is 1. The van der Waals surface area contributed by atoms with Gasteiger partial charge in [-0.15, -0.1) is 11.8 Å². The number of aliphatic hydroxyl groups excluding tert-OH is 1. The van der Waals surface area contributed by atoms with Crippen LogP contribution in [0, 0.1) is 11.8 Å². The van der Waals surface area contributed by atoms with Crippen molar-refractivity contribution >= 4 is 40.9 Å². The van der Waals surface area contributed by atoms with Gasteiger partial charge < -0.3 is 24.5 Å². The average molecular weight is 582 g/mol. The summed E-state index contributed by atoms with van der Waals surface area (Å²) in [6.45, 7) is 10.3. The molecule has 0 saturated carbocycles. The molecule has 0 aliphatic carbocycles. The molecule has 1 unspecified atom stereocenters. The van der Waals surface area contributed by atoms with E-state index in [1.807, 2.05) is 50.3 Å². The lowest BCUT2D eigenvalue weighted by atomic mass is 9.74. The van der Waals surface area contributed by atoms with E-state index in [1.54, 1.807) is 21.6 Å². The van der Waals surface area contributed by atoms with Gasteiger partial charge in [0.05, 0.1) is 35.8 Å². The van der Waals surface area contributed by atoms with Gasteiger partial charge in [-0.3, -0.25) is 14.4 Å². The summed E-state index contributed by atoms with van der Waals surface area (Å²) in [5.74, 6) is -2.34. The number of aliphatic hydroxyl groups is 1. The molecule has 2 amide bonds. The second-order valence-corrected chi connectivity index (χ2v) is 13.4. The Balaban J connectivity index is 1.61. The van der Waals surface area contributed by atoms with Crippen LogP contribution in [0.3, 0.4) is 0 Å². The maximum Gasteiger partial charge on any atom is 0.311 e. The minimum absolute atomic E-state index is 0.189. The predicted octanol–water partition coefficient (Wildman–Crippen LogP) is 4.18. The highest BCUT2D eigenvalue weighted by Crippen LogP contribution is 2.65. The first-order valence-electron chi connectivity index (χ1n) is 15.1. The molecule has 222 valence electrons. The third-order valence-electron chi connectivity index (χ3n) is 9.30. The lowest BCUT2D eigenvalue weighted by Gasteiger charge is -2.39. The van der Waals surface area contributed by atoms with Gasteiger partial charge in [0.25, 0.3) is 5.91 Å². The number of nitrogens with zero attached hydrogens (tertiary/aromatic N) is 3. The van der Waals surface area contributed by atoms with E-state index < -0.39 is 33.4 Å². The smallest absolute Gasteiger partial charge is 0.311 e. The van der Waals surface area contributed by atoms with E-state index in [9.17, 15) is 19.5 Å². The Kier molecular flexibility index (Phi) is 8.58. The fraction of sp³-hybridized carbons (Fsp3) is 0.594. The standard InChI is InChI=1S/C32H43N3O5S/c1-5-22(21-36)35-27-29(38)34(24-15-13-23(14-16-24)33(6-2)7-3)19-12-18-32(27)25(28(35)37)26-30(39)40-20-11-9-8-10-17-31(26,4)41-32/h10,12-18,22,25-27,36H,5-9,11,19-21H2,1-4H3/b17-10-/t22-,25-,26-,27?,31+,32-/m0/s1. The predicted molar refractivity (Wildman–Crippen MR) is 163 cm³/mol. The molecule has 41 heavy (non-hydrogen) atoms. The van der Waals surface area contributed by atoms with Crippen LogP contribution >= 0.6 is 11.8 Å². The summed E-state index contributed by atoms with van der Waals surface area (Å²) >= 11 is 1.54. The van der Waals surface area contributed by atoms with E-state index in [2.05, 4.69) is 30.9 Å². The third kappa shape index (κ3) is 4.88. The topological polar surface area (TPSA) is 90.4 Å². The molecular weight excluding hydrogens is 538 g/mol. The summed E-state index contributed by atoms with van der Waals surface area (Å²) in [6.07, 6.45) is 11.2. The maximum atomic E-state index is 14.7. The highest BCUT2D eigenvalue weighted by Gasteiger charge is 2.74. The molecule has 0 aromatic heterocycles. The van der Waals surface area contributed by atoms with Gasteiger partial charge in [-0.25, -0.2) is 0 Å². The molecule has 0 radical (unpaired) electrons. The number of hydrogen-bond donors (Lipinski definition) is 1. The number of cyclic esters (lactones) is 1. The maximum absolute atomic E-state index is 14.7. The first kappa shape index (κ1) is 29.7. The minimum Gasteiger partial charge on any atom is -0.465 e. The van der Waals surface area contributed by atoms with Crippen molar-refractivity contribution in [3.8, 4) is 0 Å². The van der Waals surface area contributed by atoms with Crippen molar-refractivity contribution < 1.29 is 24.2 Å². The number of benzene rings is 1. The van der Waals surface area contributed by atoms with Crippen molar-refractivity contribution in [1.82, 2.24) is 4.90 Å². The molecular formula is C32H43N3O5S. The normalized spacial score (nSPS) is 33.0. The molecule has 9 heteroatoms. The molecule has 6 atom stereocenters. The molecule has 2 fully saturated rings. The lowest BCUT2D eigenvalue weighted by Crippen LogP contribution is -2.56. The summed E-state index contributed by atoms with van der Waals surface area (Å²) in [5, 5.41) is 10.4. The first-order chi connectivity index (χ1) is 19.8. The number of esters is 1. The third-order valence-corrected chi connectivity index (χ3v) is 11.1. The lowest BCUT2D eigenvalue weighted by molar-refractivity contribution is -0.154. The van der Waals surface area contributed by atoms with Crippen LogP contribution < -0.4 is 9.80 Å². The number of hydrogen-bond acceptors (Lipinski definition) is 7. The Morgan fingerprint density at radius 1 is 1.02 bits per heavy atom. The van der Waals surface area contributed by atoms with E-state index >= 15 is 0 Å². The van der Waals surface area contributed by atoms with Gasteiger partial charge in [0.15, 0.2) is 0 Å². The number of rotatable bonds is 7. The summed E-state index contributed by atoms with van der Waals surface area (Å²) < 4.78 is 4.06. The van der Waals surface area contributed by atoms with Crippen LogP contribution in [-0.4, -0.2) is 82.2 Å². The minimum atomic E-state index is -0.969. The zero-order chi connectivity index (χ0) is 29.4. The SMILES string of the molecule is CC[C@@H](CO)N1C(=O)[C@@H]2[C@H]3C(=O)OCCCC/C=C\[C@@]3(C)S[C@@]23C=CCN(c2ccc(N(CC)CC)cc2)C(=O)C13. The number of carbonyl (C=O) groups is 3. The molecule has 8 nitrogen and oxygen atoms in total. The number of likely N-dealkylation sites (tertiary alicyclic amines) is 1. The van der Waals surface area contributed by atoms with Crippen molar-refractivity contribution in [3.63, 3.8) is 0 Å². The zero-order valence-corrected chi connectivity index (χ0v) is 25.4. The Labute approximate surface area is 247 Å². The van der Waals surface area contributed by atoms with Crippen LogP contribution in [0.1, 0.15) is 53.4 Å². The molecule has 1 aromatic carbocycles. The highest BCUT2D eigenvalue weighted by atomic mass is 32.2. The number of carbonyl (C=O) groups excluding carboxylic acids is 3. The van der Waals surface area contributed by atoms with Gasteiger partial charge in [-0.05, 0) is 70.7 Å². The Morgan fingerprint density at radius 2 is 1.76 bits per heavy atom. The van der Waals surface area contributed by atoms with Crippen LogP contribution in [0.25, 0.3) is 0 Å². The van der Waals surface area contributed by atoms with Gasteiger partial charge in [0.2, 0.25) is 5.91 Å². The van der Waals surface area contributed by atoms with Crippen LogP contribution in [0.5, 0.6) is 0 Å². The summed E-state index contributed by atoms with van der Waals surface area (Å²) in [6, 6.07) is 6.59. The van der Waals surface area contributed by atoms with Crippen LogP contribution in [0.15, 0.2) is 48.6 Å². The Bertz CT molecular complexity index is 1210. The number of amides is 2. The first-order valence-corrected chi connectivity index (χ1v) is 15.9. The molecule has 2 saturated heterocycles. The van der Waals surface area contributed by atoms with Crippen molar-refractivity contribution in [2.45, 2.75) is 75.0 Å². The average Bonchev–Trinajstić information content (AvgIpc) is 3.30. The molecule has 1 spiro atoms. The molecule has 1 N–H and O–H groups in total. The van der Waals surface area contributed by atoms with Gasteiger partial charge in [-0.2, -0.15) is 0 Å². The number of fused-ring (bicyclic) bond motifs is 2. The highest BCUT2D eigenvalue weighted by molar-refractivity contribution is 8.02. The van der Waals surface area contributed by atoms with E-state index in [1.165, 1.54) is 0 Å². The van der Waals surface area contributed by atoms with Crippen molar-refractivity contribution in [3.05, 3.63) is 48.6 Å². The second kappa shape index (κ2) is 11.8. The number of anilines is 2. The number of thioether (sulfide) groups is 1. The largest absolute Gasteiger partial charge is 0.465 e. The number of ether oxygens (including phenoxy) is 1. The van der Waals surface area contributed by atoms with E-state index in [-0.39, 0.29) is 24.4 Å². The van der Waals surface area contributed by atoms with Crippen molar-refractivity contribution in [1.29, 1.82) is 0 Å². The van der Waals surface area contributed by atoms with Crippen molar-refractivity contribution in [2.24, 2.45) is 11.8 Å². The van der Waals surface area contributed by atoms with Crippen LogP contribution in [-0.2, 0) is 19.1 Å². The van der Waals surface area contributed by atoms with Gasteiger partial charge >= 0.3 is 5.97 Å². The molecule has 1 aromatic rings. The van der Waals surface area contributed by atoms with Crippen molar-refractivity contribution in [2.75, 3.05) is 42.6 Å². The molecule has 5 rings (SSSR count). The molecule has 0 bridgehead atoms. The molecule has 4 aliphatic rings. The van der Waals surface area contributed by atoms with Gasteiger partial charge in [0, 0.05) is 35.8 Å². The fourth-order valence-corrected chi connectivity index (χ4v) is 9.35. The monoisotopic (exact) mass is 581 g/mol. The second-order valence-electron chi connectivity index (χ2n) is 11.6. The van der Waals surface area contributed by atoms with E-state index in [0.29, 0.717) is 19.6 Å². The van der Waals surface area contributed by atoms with Gasteiger partial charge in [0.1, 0.15) is 6.04 Å². The quantitative estimate of drug-likeness (QED) is 0.382. The Hall–Kier alpha value is -2.78. The van der Waals surface area contributed by atoms with Crippen LogP contribution in [0.2, 0.25) is 0 Å².